The summed E-state index contributed by atoms with van der Waals surface area (Å²) in [6, 6.07) is 5.86. The Morgan fingerprint density at radius 2 is 1.96 bits per heavy atom. The fourth-order valence-electron chi connectivity index (χ4n) is 2.11. The van der Waals surface area contributed by atoms with Crippen molar-refractivity contribution in [2.45, 2.75) is 20.8 Å². The summed E-state index contributed by atoms with van der Waals surface area (Å²) < 4.78 is 13.2. The molecule has 0 aliphatic rings. The molecule has 5 nitrogen and oxygen atoms in total. The highest BCUT2D eigenvalue weighted by Gasteiger charge is 2.16. The highest BCUT2D eigenvalue weighted by Crippen LogP contribution is 2.21. The number of nitrogens with zero attached hydrogens (tertiary/aromatic N) is 3. The lowest BCUT2D eigenvalue weighted by Gasteiger charge is -2.18. The molecule has 7 heteroatoms. The normalized spacial score (nSPS) is 10.5. The quantitative estimate of drug-likeness (QED) is 0.902. The Kier molecular flexibility index (Phi) is 5.50. The van der Waals surface area contributed by atoms with Crippen molar-refractivity contribution < 1.29 is 9.18 Å². The van der Waals surface area contributed by atoms with E-state index in [-0.39, 0.29) is 16.9 Å². The number of aromatic nitrogens is 2. The molecule has 0 aliphatic heterocycles. The van der Waals surface area contributed by atoms with Crippen molar-refractivity contribution in [1.29, 1.82) is 0 Å². The van der Waals surface area contributed by atoms with Crippen molar-refractivity contribution in [3.8, 4) is 0 Å². The molecule has 0 aliphatic carbocycles. The number of nitrogens with one attached hydrogen (secondary N) is 1. The Hall–Kier alpha value is -2.21. The summed E-state index contributed by atoms with van der Waals surface area (Å²) in [5, 5.41) is 2.94. The molecule has 0 saturated carbocycles. The molecule has 1 amide bonds. The van der Waals surface area contributed by atoms with E-state index in [0.29, 0.717) is 30.2 Å². The van der Waals surface area contributed by atoms with Gasteiger partial charge < -0.3 is 10.2 Å². The monoisotopic (exact) mass is 336 g/mol. The number of amides is 1. The highest BCUT2D eigenvalue weighted by atomic mass is 35.5. The van der Waals surface area contributed by atoms with Crippen LogP contribution in [-0.2, 0) is 0 Å². The standard InChI is InChI=1S/C16H18ClFN4O/c1-4-22(5-2)15(23)14-8-10(3)19-16(21-14)20-11-6-7-13(18)12(17)9-11/h6-9H,4-5H2,1-3H3,(H,19,20,21). The minimum absolute atomic E-state index is 0.00194. The van der Waals surface area contributed by atoms with Gasteiger partial charge in [0.15, 0.2) is 0 Å². The van der Waals surface area contributed by atoms with Crippen molar-refractivity contribution in [1.82, 2.24) is 14.9 Å². The lowest BCUT2D eigenvalue weighted by atomic mass is 10.3. The zero-order valence-corrected chi connectivity index (χ0v) is 14.0. The number of carbonyl (C=O) groups is 1. The molecule has 1 N–H and O–H groups in total. The predicted molar refractivity (Wildman–Crippen MR) is 88.7 cm³/mol. The fourth-order valence-corrected chi connectivity index (χ4v) is 2.29. The van der Waals surface area contributed by atoms with Crippen LogP contribution in [0.25, 0.3) is 0 Å². The predicted octanol–water partition coefficient (Wildman–Crippen LogP) is 3.80. The minimum atomic E-state index is -0.500. The molecule has 1 aromatic carbocycles. The third-order valence-corrected chi connectivity index (χ3v) is 3.59. The number of carbonyl (C=O) groups excluding carboxylic acids is 1. The second-order valence-electron chi connectivity index (χ2n) is 4.95. The van der Waals surface area contributed by atoms with Gasteiger partial charge in [-0.25, -0.2) is 14.4 Å². The van der Waals surface area contributed by atoms with Gasteiger partial charge in [0.1, 0.15) is 11.5 Å². The fraction of sp³-hybridized carbons (Fsp3) is 0.312. The van der Waals surface area contributed by atoms with E-state index in [1.807, 2.05) is 13.8 Å². The Morgan fingerprint density at radius 1 is 1.26 bits per heavy atom. The van der Waals surface area contributed by atoms with Crippen molar-refractivity contribution >= 4 is 29.1 Å². The SMILES string of the molecule is CCN(CC)C(=O)c1cc(C)nc(Nc2ccc(F)c(Cl)c2)n1. The Labute approximate surface area is 139 Å². The van der Waals surface area contributed by atoms with Crippen molar-refractivity contribution in [2.75, 3.05) is 18.4 Å². The van der Waals surface area contributed by atoms with Gasteiger partial charge in [-0.1, -0.05) is 11.6 Å². The summed E-state index contributed by atoms with van der Waals surface area (Å²) >= 11 is 5.76. The number of benzene rings is 1. The number of anilines is 2. The molecule has 0 radical (unpaired) electrons. The summed E-state index contributed by atoms with van der Waals surface area (Å²) in [5.74, 6) is -0.386. The first-order valence-corrected chi connectivity index (χ1v) is 7.69. The molecule has 2 aromatic rings. The minimum Gasteiger partial charge on any atom is -0.338 e. The lowest BCUT2D eigenvalue weighted by molar-refractivity contribution is 0.0767. The molecular weight excluding hydrogens is 319 g/mol. The summed E-state index contributed by atoms with van der Waals surface area (Å²) in [4.78, 5) is 22.6. The van der Waals surface area contributed by atoms with Crippen molar-refractivity contribution in [3.05, 3.63) is 46.5 Å². The van der Waals surface area contributed by atoms with Crippen LogP contribution in [-0.4, -0.2) is 33.9 Å². The first-order valence-electron chi connectivity index (χ1n) is 7.31. The van der Waals surface area contributed by atoms with Crippen LogP contribution in [0.15, 0.2) is 24.3 Å². The number of hydrogen-bond acceptors (Lipinski definition) is 4. The zero-order chi connectivity index (χ0) is 17.0. The van der Waals surface area contributed by atoms with Crippen LogP contribution in [0, 0.1) is 12.7 Å². The summed E-state index contributed by atoms with van der Waals surface area (Å²) in [5.41, 5.74) is 1.52. The van der Waals surface area contributed by atoms with Gasteiger partial charge in [0.05, 0.1) is 5.02 Å². The molecule has 1 heterocycles. The summed E-state index contributed by atoms with van der Waals surface area (Å²) in [6.45, 7) is 6.82. The summed E-state index contributed by atoms with van der Waals surface area (Å²) in [7, 11) is 0. The van der Waals surface area contributed by atoms with Gasteiger partial charge in [0.25, 0.3) is 5.91 Å². The van der Waals surface area contributed by atoms with Crippen molar-refractivity contribution in [2.24, 2.45) is 0 Å². The molecule has 0 saturated heterocycles. The molecule has 0 unspecified atom stereocenters. The lowest BCUT2D eigenvalue weighted by Crippen LogP contribution is -2.31. The van der Waals surface area contributed by atoms with E-state index in [4.69, 9.17) is 11.6 Å². The van der Waals surface area contributed by atoms with Crippen LogP contribution in [0.1, 0.15) is 30.0 Å². The van der Waals surface area contributed by atoms with E-state index in [2.05, 4.69) is 15.3 Å². The smallest absolute Gasteiger partial charge is 0.272 e. The molecule has 0 atom stereocenters. The number of hydrogen-bond donors (Lipinski definition) is 1. The number of rotatable bonds is 5. The first kappa shape index (κ1) is 17.1. The van der Waals surface area contributed by atoms with Crippen LogP contribution >= 0.6 is 11.6 Å². The van der Waals surface area contributed by atoms with E-state index in [1.165, 1.54) is 18.2 Å². The van der Waals surface area contributed by atoms with Gasteiger partial charge in [-0.3, -0.25) is 4.79 Å². The van der Waals surface area contributed by atoms with E-state index >= 15 is 0 Å². The Morgan fingerprint density at radius 3 is 2.57 bits per heavy atom. The molecular formula is C16H18ClFN4O. The maximum Gasteiger partial charge on any atom is 0.272 e. The molecule has 0 bridgehead atoms. The van der Waals surface area contributed by atoms with Crippen LogP contribution in [0.4, 0.5) is 16.0 Å². The third kappa shape index (κ3) is 4.16. The number of halogens is 2. The van der Waals surface area contributed by atoms with Crippen LogP contribution in [0.2, 0.25) is 5.02 Å². The van der Waals surface area contributed by atoms with E-state index in [0.717, 1.165) is 0 Å². The maximum atomic E-state index is 13.2. The van der Waals surface area contributed by atoms with Gasteiger partial charge in [-0.2, -0.15) is 0 Å². The summed E-state index contributed by atoms with van der Waals surface area (Å²) in [6.07, 6.45) is 0. The molecule has 0 spiro atoms. The third-order valence-electron chi connectivity index (χ3n) is 3.30. The van der Waals surface area contributed by atoms with Gasteiger partial charge in [0, 0.05) is 24.5 Å². The van der Waals surface area contributed by atoms with Gasteiger partial charge >= 0.3 is 0 Å². The highest BCUT2D eigenvalue weighted by molar-refractivity contribution is 6.31. The average Bonchev–Trinajstić information content (AvgIpc) is 2.51. The second-order valence-corrected chi connectivity index (χ2v) is 5.36. The van der Waals surface area contributed by atoms with Gasteiger partial charge in [0.2, 0.25) is 5.95 Å². The molecule has 122 valence electrons. The second kappa shape index (κ2) is 7.37. The molecule has 0 fully saturated rings. The average molecular weight is 337 g/mol. The van der Waals surface area contributed by atoms with Crippen LogP contribution in [0.3, 0.4) is 0 Å². The molecule has 23 heavy (non-hydrogen) atoms. The topological polar surface area (TPSA) is 58.1 Å². The first-order chi connectivity index (χ1) is 10.9. The van der Waals surface area contributed by atoms with E-state index < -0.39 is 5.82 Å². The maximum absolute atomic E-state index is 13.2. The number of aryl methyl sites for hydroxylation is 1. The largest absolute Gasteiger partial charge is 0.338 e. The van der Waals surface area contributed by atoms with Gasteiger partial charge in [-0.15, -0.1) is 0 Å². The van der Waals surface area contributed by atoms with Gasteiger partial charge in [-0.05, 0) is 45.0 Å². The Bertz CT molecular complexity index is 719. The van der Waals surface area contributed by atoms with E-state index in [1.54, 1.807) is 17.9 Å². The molecule has 1 aromatic heterocycles. The van der Waals surface area contributed by atoms with E-state index in [9.17, 15) is 9.18 Å². The van der Waals surface area contributed by atoms with Crippen molar-refractivity contribution in [3.63, 3.8) is 0 Å². The zero-order valence-electron chi connectivity index (χ0n) is 13.2. The Balaban J connectivity index is 2.29. The molecule has 2 rings (SSSR count). The van der Waals surface area contributed by atoms with Crippen LogP contribution in [0.5, 0.6) is 0 Å². The van der Waals surface area contributed by atoms with Crippen LogP contribution < -0.4 is 5.32 Å².